The van der Waals surface area contributed by atoms with Gasteiger partial charge in [0.2, 0.25) is 11.9 Å². The Labute approximate surface area is 169 Å². The molecule has 1 atom stereocenters. The maximum absolute atomic E-state index is 12.5. The smallest absolute Gasteiger partial charge is 0.414 e. The van der Waals surface area contributed by atoms with E-state index in [-0.39, 0.29) is 24.0 Å². The maximum Gasteiger partial charge on any atom is 0.414 e. The zero-order chi connectivity index (χ0) is 21.2. The monoisotopic (exact) mass is 402 g/mol. The normalized spacial score (nSPS) is 21.8. The predicted octanol–water partition coefficient (Wildman–Crippen LogP) is 3.38. The van der Waals surface area contributed by atoms with Crippen molar-refractivity contribution in [1.29, 1.82) is 0 Å². The number of non-ortho nitro benzene ring substituents is 1. The third-order valence-corrected chi connectivity index (χ3v) is 4.91. The van der Waals surface area contributed by atoms with Crippen LogP contribution in [0.2, 0.25) is 0 Å². The Morgan fingerprint density at radius 2 is 2.14 bits per heavy atom. The Balaban J connectivity index is 1.94. The number of carbonyl (C=O) groups is 2. The van der Waals surface area contributed by atoms with Crippen LogP contribution >= 0.6 is 0 Å². The molecule has 0 saturated heterocycles. The van der Waals surface area contributed by atoms with E-state index in [0.29, 0.717) is 17.9 Å². The van der Waals surface area contributed by atoms with Crippen molar-refractivity contribution in [3.8, 4) is 0 Å². The minimum atomic E-state index is -0.971. The highest BCUT2D eigenvalue weighted by Crippen LogP contribution is 2.43. The lowest BCUT2D eigenvalue weighted by Gasteiger charge is -2.34. The predicted molar refractivity (Wildman–Crippen MR) is 106 cm³/mol. The van der Waals surface area contributed by atoms with Gasteiger partial charge in [-0.15, -0.1) is 0 Å². The van der Waals surface area contributed by atoms with E-state index in [1.807, 2.05) is 0 Å². The van der Waals surface area contributed by atoms with Crippen molar-refractivity contribution in [2.24, 2.45) is 10.9 Å². The van der Waals surface area contributed by atoms with Gasteiger partial charge in [0.1, 0.15) is 5.60 Å². The topological polar surface area (TPSA) is 123 Å². The van der Waals surface area contributed by atoms with Crippen LogP contribution in [-0.4, -0.2) is 28.5 Å². The highest BCUT2D eigenvalue weighted by Gasteiger charge is 2.41. The first kappa shape index (κ1) is 20.8. The van der Waals surface area contributed by atoms with E-state index >= 15 is 0 Å². The first-order valence-electron chi connectivity index (χ1n) is 9.71. The first-order chi connectivity index (χ1) is 13.6. The molecule has 1 aliphatic heterocycles. The molecule has 1 saturated carbocycles. The Hall–Kier alpha value is -2.97. The molecule has 2 aliphatic rings. The summed E-state index contributed by atoms with van der Waals surface area (Å²) < 4.78 is 5.24. The minimum absolute atomic E-state index is 0.00203. The number of amides is 2. The first-order valence-corrected chi connectivity index (χ1v) is 9.71. The molecule has 9 heteroatoms. The molecule has 3 rings (SSSR count). The number of aliphatic imine (C=N–C) groups is 1. The van der Waals surface area contributed by atoms with Crippen molar-refractivity contribution in [1.82, 2.24) is 10.6 Å². The van der Waals surface area contributed by atoms with Crippen molar-refractivity contribution in [2.45, 2.75) is 64.0 Å². The van der Waals surface area contributed by atoms with E-state index < -0.39 is 22.2 Å². The van der Waals surface area contributed by atoms with Gasteiger partial charge in [-0.2, -0.15) is 0 Å². The van der Waals surface area contributed by atoms with Gasteiger partial charge in [-0.1, -0.05) is 25.0 Å². The lowest BCUT2D eigenvalue weighted by molar-refractivity contribution is -0.385. The van der Waals surface area contributed by atoms with Crippen LogP contribution in [0.25, 0.3) is 0 Å². The number of nitrogens with zero attached hydrogens (tertiary/aromatic N) is 2. The number of hydrogen-bond donors (Lipinski definition) is 2. The molecule has 1 heterocycles. The fraction of sp³-hybridized carbons (Fsp3) is 0.550. The van der Waals surface area contributed by atoms with Crippen molar-refractivity contribution in [3.05, 3.63) is 39.9 Å². The number of hydrogen-bond acceptors (Lipinski definition) is 6. The summed E-state index contributed by atoms with van der Waals surface area (Å²) >= 11 is 0. The van der Waals surface area contributed by atoms with Crippen LogP contribution in [0, 0.1) is 16.0 Å². The number of carbonyl (C=O) groups excluding carboxylic acids is 2. The van der Waals surface area contributed by atoms with Crippen LogP contribution in [0.15, 0.2) is 29.3 Å². The molecular weight excluding hydrogens is 376 g/mol. The SMILES string of the molecule is CC(C)(C)OC(=O)NC1=N[C@](CCC2CC2)(c2cccc([N+](=O)[O-])c2)CC(=O)N1. The number of nitrogens with one attached hydrogen (secondary N) is 2. The third kappa shape index (κ3) is 5.52. The molecule has 0 bridgehead atoms. The highest BCUT2D eigenvalue weighted by molar-refractivity contribution is 6.05. The van der Waals surface area contributed by atoms with Gasteiger partial charge < -0.3 is 4.74 Å². The molecule has 2 N–H and O–H groups in total. The van der Waals surface area contributed by atoms with Crippen molar-refractivity contribution < 1.29 is 19.2 Å². The third-order valence-electron chi connectivity index (χ3n) is 4.91. The minimum Gasteiger partial charge on any atom is -0.444 e. The van der Waals surface area contributed by atoms with Crippen molar-refractivity contribution in [2.75, 3.05) is 0 Å². The zero-order valence-corrected chi connectivity index (χ0v) is 16.9. The second-order valence-corrected chi connectivity index (χ2v) is 8.63. The molecule has 0 spiro atoms. The van der Waals surface area contributed by atoms with E-state index in [0.717, 1.165) is 19.3 Å². The number of nitro benzene ring substituents is 1. The Bertz CT molecular complexity index is 857. The van der Waals surface area contributed by atoms with Crippen LogP contribution in [0.1, 0.15) is 58.4 Å². The number of guanidine groups is 1. The average Bonchev–Trinajstić information content (AvgIpc) is 3.42. The van der Waals surface area contributed by atoms with Gasteiger partial charge in [0.15, 0.2) is 0 Å². The highest BCUT2D eigenvalue weighted by atomic mass is 16.6. The fourth-order valence-corrected chi connectivity index (χ4v) is 3.40. The zero-order valence-electron chi connectivity index (χ0n) is 16.9. The van der Waals surface area contributed by atoms with Crippen LogP contribution in [-0.2, 0) is 15.1 Å². The molecule has 9 nitrogen and oxygen atoms in total. The number of ether oxygens (including phenoxy) is 1. The van der Waals surface area contributed by atoms with Gasteiger partial charge >= 0.3 is 6.09 Å². The summed E-state index contributed by atoms with van der Waals surface area (Å²) in [5.74, 6) is 0.277. The van der Waals surface area contributed by atoms with E-state index in [1.165, 1.54) is 12.1 Å². The average molecular weight is 402 g/mol. The summed E-state index contributed by atoms with van der Waals surface area (Å²) in [5.41, 5.74) is -1.14. The molecular formula is C20H26N4O5. The summed E-state index contributed by atoms with van der Waals surface area (Å²) in [7, 11) is 0. The largest absolute Gasteiger partial charge is 0.444 e. The van der Waals surface area contributed by atoms with Gasteiger partial charge in [-0.05, 0) is 45.1 Å². The van der Waals surface area contributed by atoms with Gasteiger partial charge in [0.25, 0.3) is 5.69 Å². The van der Waals surface area contributed by atoms with Crippen LogP contribution in [0.5, 0.6) is 0 Å². The number of nitro groups is 1. The molecule has 1 fully saturated rings. The van der Waals surface area contributed by atoms with Gasteiger partial charge in [-0.3, -0.25) is 25.5 Å². The van der Waals surface area contributed by atoms with Crippen LogP contribution < -0.4 is 10.6 Å². The summed E-state index contributed by atoms with van der Waals surface area (Å²) in [6, 6.07) is 6.20. The second-order valence-electron chi connectivity index (χ2n) is 8.63. The van der Waals surface area contributed by atoms with Crippen molar-refractivity contribution >= 4 is 23.6 Å². The fourth-order valence-electron chi connectivity index (χ4n) is 3.40. The van der Waals surface area contributed by atoms with E-state index in [1.54, 1.807) is 32.9 Å². The summed E-state index contributed by atoms with van der Waals surface area (Å²) in [6.07, 6.45) is 3.03. The lowest BCUT2D eigenvalue weighted by Crippen LogP contribution is -2.52. The van der Waals surface area contributed by atoms with E-state index in [2.05, 4.69) is 15.6 Å². The van der Waals surface area contributed by atoms with Gasteiger partial charge in [-0.25, -0.2) is 9.79 Å². The van der Waals surface area contributed by atoms with Gasteiger partial charge in [0, 0.05) is 12.1 Å². The van der Waals surface area contributed by atoms with E-state index in [4.69, 9.17) is 4.74 Å². The molecule has 1 aliphatic carbocycles. The van der Waals surface area contributed by atoms with Crippen LogP contribution in [0.3, 0.4) is 0 Å². The Morgan fingerprint density at radius 1 is 1.41 bits per heavy atom. The molecule has 29 heavy (non-hydrogen) atoms. The van der Waals surface area contributed by atoms with Crippen molar-refractivity contribution in [3.63, 3.8) is 0 Å². The Morgan fingerprint density at radius 3 is 2.76 bits per heavy atom. The summed E-state index contributed by atoms with van der Waals surface area (Å²) in [6.45, 7) is 5.20. The molecule has 0 radical (unpaired) electrons. The quantitative estimate of drug-likeness (QED) is 0.577. The lowest BCUT2D eigenvalue weighted by atomic mass is 9.81. The summed E-state index contributed by atoms with van der Waals surface area (Å²) in [4.78, 5) is 40.1. The molecule has 1 aromatic carbocycles. The molecule has 1 aromatic rings. The molecule has 156 valence electrons. The van der Waals surface area contributed by atoms with Crippen LogP contribution in [0.4, 0.5) is 10.5 Å². The molecule has 2 amide bonds. The number of alkyl carbamates (subject to hydrolysis) is 1. The maximum atomic E-state index is 12.5. The Kier molecular flexibility index (Phi) is 5.59. The number of benzene rings is 1. The second kappa shape index (κ2) is 7.81. The number of rotatable bonds is 5. The standard InChI is InChI=1S/C20H26N4O5/c1-19(2,3)29-18(26)22-17-21-16(25)12-20(23-17,10-9-13-7-8-13)14-5-4-6-15(11-14)24(27)28/h4-6,11,13H,7-10,12H2,1-3H3,(H2,21,22,23,25,26)/t20-/m0/s1. The molecule has 0 unspecified atom stereocenters. The summed E-state index contributed by atoms with van der Waals surface area (Å²) in [5, 5.41) is 16.3. The molecule has 0 aromatic heterocycles. The van der Waals surface area contributed by atoms with E-state index in [9.17, 15) is 19.7 Å². The van der Waals surface area contributed by atoms with Gasteiger partial charge in [0.05, 0.1) is 16.9 Å².